The summed E-state index contributed by atoms with van der Waals surface area (Å²) in [7, 11) is -1.33. The van der Waals surface area contributed by atoms with Gasteiger partial charge in [0.2, 0.25) is 0 Å². The van der Waals surface area contributed by atoms with Gasteiger partial charge in [-0.3, -0.25) is 0 Å². The van der Waals surface area contributed by atoms with E-state index in [2.05, 4.69) is 37.0 Å². The second-order valence-corrected chi connectivity index (χ2v) is 8.53. The third-order valence-electron chi connectivity index (χ3n) is 1.18. The smallest absolute Gasteiger partial charge is 0.129 e. The molecule has 0 saturated heterocycles. The summed E-state index contributed by atoms with van der Waals surface area (Å²) in [4.78, 5) is 0. The number of hydrogen-bond donors (Lipinski definition) is 1. The molecule has 12 heavy (non-hydrogen) atoms. The highest BCUT2D eigenvalue weighted by Gasteiger charge is 2.08. The van der Waals surface area contributed by atoms with Gasteiger partial charge in [0.05, 0.1) is 0 Å². The summed E-state index contributed by atoms with van der Waals surface area (Å²) in [5.74, 6) is 5.31. The van der Waals surface area contributed by atoms with Crippen LogP contribution in [0.5, 0.6) is 0 Å². The first-order valence-corrected chi connectivity index (χ1v) is 7.60. The molecule has 1 nitrogen and oxygen atoms in total. The maximum absolute atomic E-state index is 9.30. The Bertz CT molecular complexity index is 221. The summed E-state index contributed by atoms with van der Waals surface area (Å²) < 4.78 is 0. The van der Waals surface area contributed by atoms with Crippen LogP contribution in [0.25, 0.3) is 0 Å². The molecule has 66 valence electrons. The molecule has 0 heterocycles. The van der Waals surface area contributed by atoms with E-state index in [9.17, 15) is 5.11 Å². The molecule has 2 heteroatoms. The molecule has 0 rings (SSSR count). The lowest BCUT2D eigenvalue weighted by atomic mass is 10.2. The molecule has 0 aliphatic heterocycles. The molecular formula is C10H16OSi. The summed E-state index contributed by atoms with van der Waals surface area (Å²) in [6.07, 6.45) is 5.71. The topological polar surface area (TPSA) is 20.2 Å². The van der Waals surface area contributed by atoms with Crippen LogP contribution in [-0.4, -0.2) is 19.3 Å². The molecule has 0 aromatic carbocycles. The zero-order valence-electron chi connectivity index (χ0n) is 8.02. The number of aliphatic hydroxyl groups excluding tert-OH is 1. The van der Waals surface area contributed by atoms with E-state index in [1.54, 1.807) is 0 Å². The lowest BCUT2D eigenvalue weighted by Gasteiger charge is -2.05. The average Bonchev–Trinajstić information content (AvgIpc) is 1.95. The molecule has 0 aliphatic carbocycles. The van der Waals surface area contributed by atoms with Gasteiger partial charge in [0, 0.05) is 6.42 Å². The van der Waals surface area contributed by atoms with Crippen molar-refractivity contribution in [2.75, 3.05) is 0 Å². The van der Waals surface area contributed by atoms with Crippen molar-refractivity contribution in [3.05, 3.63) is 0 Å². The quantitative estimate of drug-likeness (QED) is 0.506. The fraction of sp³-hybridized carbons (Fsp3) is 0.600. The van der Waals surface area contributed by atoms with E-state index in [4.69, 9.17) is 6.42 Å². The molecule has 0 aromatic heterocycles. The highest BCUT2D eigenvalue weighted by Crippen LogP contribution is 1.99. The molecule has 1 N–H and O–H groups in total. The predicted molar refractivity (Wildman–Crippen MR) is 55.2 cm³/mol. The van der Waals surface area contributed by atoms with Crippen molar-refractivity contribution in [3.63, 3.8) is 0 Å². The molecule has 0 aromatic rings. The zero-order valence-corrected chi connectivity index (χ0v) is 9.02. The lowest BCUT2D eigenvalue weighted by Crippen LogP contribution is -2.17. The van der Waals surface area contributed by atoms with Gasteiger partial charge in [0.15, 0.2) is 0 Å². The van der Waals surface area contributed by atoms with Gasteiger partial charge >= 0.3 is 0 Å². The molecule has 1 atom stereocenters. The standard InChI is InChI=1S/C10H16OSi/c1-5-6-7-10(11)8-9-12(2,3)4/h1,10-11H,6-7H2,2-4H3/t10-/m1/s1. The van der Waals surface area contributed by atoms with Crippen LogP contribution in [0.2, 0.25) is 19.6 Å². The van der Waals surface area contributed by atoms with Gasteiger partial charge in [-0.1, -0.05) is 25.6 Å². The van der Waals surface area contributed by atoms with E-state index in [1.165, 1.54) is 0 Å². The van der Waals surface area contributed by atoms with Crippen molar-refractivity contribution < 1.29 is 5.11 Å². The number of hydrogen-bond acceptors (Lipinski definition) is 1. The second-order valence-electron chi connectivity index (χ2n) is 3.78. The van der Waals surface area contributed by atoms with Crippen molar-refractivity contribution in [2.24, 2.45) is 0 Å². The van der Waals surface area contributed by atoms with Gasteiger partial charge in [-0.2, -0.15) is 0 Å². The summed E-state index contributed by atoms with van der Waals surface area (Å²) in [5.41, 5.74) is 3.10. The Balaban J connectivity index is 3.89. The minimum Gasteiger partial charge on any atom is -0.380 e. The maximum atomic E-state index is 9.30. The van der Waals surface area contributed by atoms with Crippen LogP contribution in [-0.2, 0) is 0 Å². The minimum atomic E-state index is -1.33. The van der Waals surface area contributed by atoms with Crippen molar-refractivity contribution in [2.45, 2.75) is 38.6 Å². The van der Waals surface area contributed by atoms with Crippen LogP contribution in [0, 0.1) is 23.8 Å². The van der Waals surface area contributed by atoms with Crippen LogP contribution in [0.1, 0.15) is 12.8 Å². The van der Waals surface area contributed by atoms with Gasteiger partial charge in [-0.15, -0.1) is 17.9 Å². The van der Waals surface area contributed by atoms with Gasteiger partial charge < -0.3 is 5.11 Å². The maximum Gasteiger partial charge on any atom is 0.129 e. The Morgan fingerprint density at radius 3 is 2.42 bits per heavy atom. The Morgan fingerprint density at radius 2 is 2.00 bits per heavy atom. The molecule has 0 bridgehead atoms. The van der Waals surface area contributed by atoms with Crippen LogP contribution < -0.4 is 0 Å². The third kappa shape index (κ3) is 7.40. The van der Waals surface area contributed by atoms with E-state index in [-0.39, 0.29) is 0 Å². The first kappa shape index (κ1) is 11.3. The zero-order chi connectivity index (χ0) is 9.61. The Hall–Kier alpha value is -0.703. The molecule has 0 aliphatic rings. The van der Waals surface area contributed by atoms with Crippen LogP contribution in [0.4, 0.5) is 0 Å². The summed E-state index contributed by atoms with van der Waals surface area (Å²) in [5, 5.41) is 9.30. The Kier molecular flexibility index (Phi) is 4.74. The molecule has 0 amide bonds. The predicted octanol–water partition coefficient (Wildman–Crippen LogP) is 1.64. The summed E-state index contributed by atoms with van der Waals surface area (Å²) in [6, 6.07) is 0. The Labute approximate surface area is 76.2 Å². The van der Waals surface area contributed by atoms with Gasteiger partial charge in [-0.05, 0) is 6.42 Å². The molecular weight excluding hydrogens is 164 g/mol. The monoisotopic (exact) mass is 180 g/mol. The van der Waals surface area contributed by atoms with Crippen molar-refractivity contribution in [1.82, 2.24) is 0 Å². The molecule has 0 fully saturated rings. The highest BCUT2D eigenvalue weighted by atomic mass is 28.3. The normalized spacial score (nSPS) is 12.6. The van der Waals surface area contributed by atoms with E-state index in [0.717, 1.165) is 0 Å². The number of rotatable bonds is 2. The first-order chi connectivity index (χ1) is 5.45. The fourth-order valence-electron chi connectivity index (χ4n) is 0.592. The number of aliphatic hydroxyl groups is 1. The SMILES string of the molecule is C#CCC[C@@H](O)C#C[Si](C)(C)C. The molecule has 0 unspecified atom stereocenters. The molecule has 0 saturated carbocycles. The highest BCUT2D eigenvalue weighted by molar-refractivity contribution is 6.83. The van der Waals surface area contributed by atoms with E-state index >= 15 is 0 Å². The van der Waals surface area contributed by atoms with Gasteiger partial charge in [0.25, 0.3) is 0 Å². The lowest BCUT2D eigenvalue weighted by molar-refractivity contribution is 0.224. The second kappa shape index (κ2) is 5.03. The van der Waals surface area contributed by atoms with Crippen molar-refractivity contribution in [1.29, 1.82) is 0 Å². The molecule has 0 spiro atoms. The van der Waals surface area contributed by atoms with Crippen LogP contribution in [0.3, 0.4) is 0 Å². The summed E-state index contributed by atoms with van der Waals surface area (Å²) >= 11 is 0. The van der Waals surface area contributed by atoms with Crippen LogP contribution in [0.15, 0.2) is 0 Å². The van der Waals surface area contributed by atoms with E-state index in [0.29, 0.717) is 12.8 Å². The molecule has 0 radical (unpaired) electrons. The summed E-state index contributed by atoms with van der Waals surface area (Å²) in [6.45, 7) is 6.44. The van der Waals surface area contributed by atoms with E-state index in [1.807, 2.05) is 0 Å². The number of terminal acetylenes is 1. The largest absolute Gasteiger partial charge is 0.380 e. The minimum absolute atomic E-state index is 0.534. The van der Waals surface area contributed by atoms with Crippen molar-refractivity contribution >= 4 is 8.07 Å². The fourth-order valence-corrected chi connectivity index (χ4v) is 1.19. The third-order valence-corrected chi connectivity index (χ3v) is 2.07. The van der Waals surface area contributed by atoms with E-state index < -0.39 is 14.2 Å². The van der Waals surface area contributed by atoms with Crippen molar-refractivity contribution in [3.8, 4) is 23.8 Å². The first-order valence-electron chi connectivity index (χ1n) is 4.10. The average molecular weight is 180 g/mol. The van der Waals surface area contributed by atoms with Gasteiger partial charge in [0.1, 0.15) is 14.2 Å². The van der Waals surface area contributed by atoms with Gasteiger partial charge in [-0.25, -0.2) is 0 Å². The van der Waals surface area contributed by atoms with Crippen LogP contribution >= 0.6 is 0 Å². The Morgan fingerprint density at radius 1 is 1.42 bits per heavy atom.